The van der Waals surface area contributed by atoms with Gasteiger partial charge >= 0.3 is 0 Å². The topological polar surface area (TPSA) is 0 Å². The van der Waals surface area contributed by atoms with Crippen molar-refractivity contribution in [3.05, 3.63) is 133 Å². The van der Waals surface area contributed by atoms with Crippen molar-refractivity contribution in [1.82, 2.24) is 0 Å². The first-order chi connectivity index (χ1) is 20.8. The second kappa shape index (κ2) is 7.24. The SMILES string of the molecule is c1ccc2c(c1)ccc1cc3ccc4c5c(ccc(c12)c35)c1ccc2cccc3c5c6ccccc6ccc5c4c1c23. The van der Waals surface area contributed by atoms with Crippen molar-refractivity contribution in [3.8, 4) is 0 Å². The molecule has 0 N–H and O–H groups in total. The Morgan fingerprint density at radius 2 is 0.619 bits per heavy atom. The summed E-state index contributed by atoms with van der Waals surface area (Å²) >= 11 is 0. The molecule has 0 nitrogen and oxygen atoms in total. The fourth-order valence-electron chi connectivity index (χ4n) is 8.42. The second-order valence-electron chi connectivity index (χ2n) is 12.0. The molecule has 0 aromatic heterocycles. The fraction of sp³-hybridized carbons (Fsp3) is 0. The third-order valence-electron chi connectivity index (χ3n) is 10.1. The molecule has 0 amide bonds. The molecule has 0 radical (unpaired) electrons. The monoisotopic (exact) mass is 526 g/mol. The van der Waals surface area contributed by atoms with Crippen LogP contribution < -0.4 is 0 Å². The molecule has 0 heteroatoms. The molecule has 0 bridgehead atoms. The number of fused-ring (bicyclic) bond motifs is 11. The summed E-state index contributed by atoms with van der Waals surface area (Å²) in [5.41, 5.74) is 0. The summed E-state index contributed by atoms with van der Waals surface area (Å²) in [6, 6.07) is 50.4. The van der Waals surface area contributed by atoms with Gasteiger partial charge in [-0.15, -0.1) is 0 Å². The van der Waals surface area contributed by atoms with Gasteiger partial charge in [-0.25, -0.2) is 0 Å². The van der Waals surface area contributed by atoms with E-state index in [0.717, 1.165) is 0 Å². The first kappa shape index (κ1) is 21.3. The van der Waals surface area contributed by atoms with E-state index in [1.807, 2.05) is 0 Å². The van der Waals surface area contributed by atoms with Crippen LogP contribution in [0.2, 0.25) is 0 Å². The van der Waals surface area contributed by atoms with Crippen molar-refractivity contribution in [2.24, 2.45) is 0 Å². The Kier molecular flexibility index (Phi) is 3.67. The van der Waals surface area contributed by atoms with Crippen LogP contribution >= 0.6 is 0 Å². The van der Waals surface area contributed by atoms with Crippen LogP contribution in [0, 0.1) is 0 Å². The van der Waals surface area contributed by atoms with Crippen molar-refractivity contribution in [1.29, 1.82) is 0 Å². The van der Waals surface area contributed by atoms with Gasteiger partial charge in [-0.3, -0.25) is 0 Å². The maximum Gasteiger partial charge on any atom is -0.000784 e. The van der Waals surface area contributed by atoms with Crippen molar-refractivity contribution in [2.45, 2.75) is 0 Å². The zero-order valence-corrected chi connectivity index (χ0v) is 22.7. The van der Waals surface area contributed by atoms with E-state index in [1.54, 1.807) is 0 Å². The molecule has 11 aromatic rings. The molecule has 0 unspecified atom stereocenters. The van der Waals surface area contributed by atoms with Crippen molar-refractivity contribution in [3.63, 3.8) is 0 Å². The maximum atomic E-state index is 2.40. The molecule has 0 saturated carbocycles. The van der Waals surface area contributed by atoms with Gasteiger partial charge in [0.15, 0.2) is 0 Å². The minimum Gasteiger partial charge on any atom is -0.0616 e. The average Bonchev–Trinajstić information content (AvgIpc) is 3.05. The van der Waals surface area contributed by atoms with E-state index in [2.05, 4.69) is 133 Å². The first-order valence-electron chi connectivity index (χ1n) is 14.8. The molecule has 11 rings (SSSR count). The van der Waals surface area contributed by atoms with Crippen LogP contribution in [-0.4, -0.2) is 0 Å². The molecule has 0 aliphatic rings. The van der Waals surface area contributed by atoms with Crippen LogP contribution in [0.5, 0.6) is 0 Å². The summed E-state index contributed by atoms with van der Waals surface area (Å²) in [5, 5.41) is 26.9. The Labute approximate surface area is 240 Å². The number of benzene rings is 11. The van der Waals surface area contributed by atoms with Crippen LogP contribution in [0.3, 0.4) is 0 Å². The van der Waals surface area contributed by atoms with E-state index < -0.39 is 0 Å². The molecule has 11 aromatic carbocycles. The summed E-state index contributed by atoms with van der Waals surface area (Å²) in [5.74, 6) is 0. The lowest BCUT2D eigenvalue weighted by Gasteiger charge is -2.21. The lowest BCUT2D eigenvalue weighted by Crippen LogP contribution is -1.93. The van der Waals surface area contributed by atoms with Crippen molar-refractivity contribution >= 4 is 108 Å². The van der Waals surface area contributed by atoms with E-state index in [-0.39, 0.29) is 0 Å². The molecule has 42 heavy (non-hydrogen) atoms. The average molecular weight is 527 g/mol. The highest BCUT2D eigenvalue weighted by Gasteiger charge is 2.21. The van der Waals surface area contributed by atoms with Crippen LogP contribution in [0.1, 0.15) is 0 Å². The van der Waals surface area contributed by atoms with Gasteiger partial charge in [0.05, 0.1) is 0 Å². The Bertz CT molecular complexity index is 2940. The van der Waals surface area contributed by atoms with E-state index in [1.165, 1.54) is 108 Å². The van der Waals surface area contributed by atoms with Crippen molar-refractivity contribution in [2.75, 3.05) is 0 Å². The summed E-state index contributed by atoms with van der Waals surface area (Å²) < 4.78 is 0. The van der Waals surface area contributed by atoms with Gasteiger partial charge in [0, 0.05) is 0 Å². The minimum absolute atomic E-state index is 1.29. The summed E-state index contributed by atoms with van der Waals surface area (Å²) in [6.45, 7) is 0. The molecule has 0 atom stereocenters. The molecule has 0 aliphatic heterocycles. The zero-order valence-electron chi connectivity index (χ0n) is 22.7. The number of hydrogen-bond donors (Lipinski definition) is 0. The minimum atomic E-state index is 1.29. The highest BCUT2D eigenvalue weighted by molar-refractivity contribution is 6.47. The predicted molar refractivity (Wildman–Crippen MR) is 184 cm³/mol. The second-order valence-corrected chi connectivity index (χ2v) is 12.0. The summed E-state index contributed by atoms with van der Waals surface area (Å²) in [6.07, 6.45) is 0. The quantitative estimate of drug-likeness (QED) is 0.136. The lowest BCUT2D eigenvalue weighted by molar-refractivity contribution is 1.79. The zero-order chi connectivity index (χ0) is 27.1. The largest absolute Gasteiger partial charge is 0.0616 e. The van der Waals surface area contributed by atoms with E-state index in [9.17, 15) is 0 Å². The normalized spacial score (nSPS) is 12.8. The standard InChI is InChI=1S/C42H22/c1-3-9-28-23(6-1)12-13-26-22-27-16-19-35-40-30(20-21-33(36(26)28)38(27)40)31-17-15-25-8-5-11-32-37(25)42(31)41(35)34-18-14-24-7-2-4-10-29(24)39(32)34/h1-22H. The lowest BCUT2D eigenvalue weighted by atomic mass is 9.81. The van der Waals surface area contributed by atoms with Gasteiger partial charge < -0.3 is 0 Å². The van der Waals surface area contributed by atoms with Gasteiger partial charge in [-0.2, -0.15) is 0 Å². The third kappa shape index (κ3) is 2.39. The highest BCUT2D eigenvalue weighted by Crippen LogP contribution is 2.50. The Morgan fingerprint density at radius 1 is 0.190 bits per heavy atom. The summed E-state index contributed by atoms with van der Waals surface area (Å²) in [7, 11) is 0. The van der Waals surface area contributed by atoms with Gasteiger partial charge in [0.2, 0.25) is 0 Å². The predicted octanol–water partition coefficient (Wildman–Crippen LogP) is 12.1. The highest BCUT2D eigenvalue weighted by atomic mass is 14.2. The molecule has 0 aliphatic carbocycles. The third-order valence-corrected chi connectivity index (χ3v) is 10.1. The molecule has 0 fully saturated rings. The van der Waals surface area contributed by atoms with Crippen LogP contribution in [0.4, 0.5) is 0 Å². The van der Waals surface area contributed by atoms with Crippen molar-refractivity contribution < 1.29 is 0 Å². The molecular formula is C42H22. The van der Waals surface area contributed by atoms with Crippen LogP contribution in [0.15, 0.2) is 133 Å². The Balaban J connectivity index is 1.49. The number of hydrogen-bond acceptors (Lipinski definition) is 0. The van der Waals surface area contributed by atoms with E-state index in [0.29, 0.717) is 0 Å². The first-order valence-corrected chi connectivity index (χ1v) is 14.8. The van der Waals surface area contributed by atoms with Gasteiger partial charge in [-0.05, 0) is 114 Å². The summed E-state index contributed by atoms with van der Waals surface area (Å²) in [4.78, 5) is 0. The van der Waals surface area contributed by atoms with E-state index in [4.69, 9.17) is 0 Å². The van der Waals surface area contributed by atoms with Gasteiger partial charge in [-0.1, -0.05) is 127 Å². The fourth-order valence-corrected chi connectivity index (χ4v) is 8.42. The Morgan fingerprint density at radius 3 is 1.48 bits per heavy atom. The maximum absolute atomic E-state index is 2.40. The van der Waals surface area contributed by atoms with Gasteiger partial charge in [0.25, 0.3) is 0 Å². The van der Waals surface area contributed by atoms with Gasteiger partial charge in [0.1, 0.15) is 0 Å². The number of rotatable bonds is 0. The van der Waals surface area contributed by atoms with E-state index >= 15 is 0 Å². The molecule has 190 valence electrons. The molecule has 0 spiro atoms. The Hall–Kier alpha value is -5.46. The molecule has 0 heterocycles. The molecule has 0 saturated heterocycles. The van der Waals surface area contributed by atoms with Crippen LogP contribution in [-0.2, 0) is 0 Å². The molecular weight excluding hydrogens is 504 g/mol. The smallest absolute Gasteiger partial charge is 0.000784 e. The van der Waals surface area contributed by atoms with Crippen LogP contribution in [0.25, 0.3) is 108 Å².